The third-order valence-electron chi connectivity index (χ3n) is 3.40. The number of ether oxygens (including phenoxy) is 2. The smallest absolute Gasteiger partial charge is 0.337 e. The Bertz CT molecular complexity index is 861. The van der Waals surface area contributed by atoms with Crippen LogP contribution in [0.5, 0.6) is 11.5 Å². The molecule has 3 aromatic rings. The Balaban J connectivity index is 1.88. The van der Waals surface area contributed by atoms with Crippen molar-refractivity contribution in [1.29, 1.82) is 0 Å². The van der Waals surface area contributed by atoms with Crippen molar-refractivity contribution in [3.63, 3.8) is 0 Å². The minimum absolute atomic E-state index is 0.252. The van der Waals surface area contributed by atoms with E-state index >= 15 is 0 Å². The van der Waals surface area contributed by atoms with Crippen molar-refractivity contribution in [2.45, 2.75) is 0 Å². The van der Waals surface area contributed by atoms with E-state index in [9.17, 15) is 9.59 Å². The highest BCUT2D eigenvalue weighted by Gasteiger charge is 2.11. The van der Waals surface area contributed by atoms with Gasteiger partial charge in [-0.1, -0.05) is 12.1 Å². The van der Waals surface area contributed by atoms with Crippen molar-refractivity contribution in [3.05, 3.63) is 72.0 Å². The van der Waals surface area contributed by atoms with Crippen LogP contribution in [0.4, 0.5) is 0 Å². The highest BCUT2D eigenvalue weighted by Crippen LogP contribution is 2.34. The Hall–Kier alpha value is -3.34. The topological polar surface area (TPSA) is 65.7 Å². The zero-order valence-corrected chi connectivity index (χ0v) is 12.9. The average Bonchev–Trinajstić information content (AvgIpc) is 3.11. The molecule has 24 heavy (non-hydrogen) atoms. The lowest BCUT2D eigenvalue weighted by molar-refractivity contribution is 0.0600. The minimum Gasteiger partial charge on any atom is -0.465 e. The largest absolute Gasteiger partial charge is 0.465 e. The second kappa shape index (κ2) is 6.83. The molecule has 0 unspecified atom stereocenters. The zero-order valence-electron chi connectivity index (χ0n) is 12.9. The maximum absolute atomic E-state index is 11.4. The van der Waals surface area contributed by atoms with Crippen LogP contribution in [0.25, 0.3) is 11.3 Å². The van der Waals surface area contributed by atoms with E-state index in [4.69, 9.17) is 9.15 Å². The van der Waals surface area contributed by atoms with Crippen molar-refractivity contribution in [2.75, 3.05) is 7.11 Å². The van der Waals surface area contributed by atoms with Crippen LogP contribution in [0.1, 0.15) is 20.9 Å². The third-order valence-corrected chi connectivity index (χ3v) is 3.40. The summed E-state index contributed by atoms with van der Waals surface area (Å²) in [5.41, 5.74) is 1.17. The molecule has 2 aromatic carbocycles. The first kappa shape index (κ1) is 15.6. The number of benzene rings is 2. The molecule has 0 N–H and O–H groups in total. The molecule has 0 saturated heterocycles. The molecule has 0 atom stereocenters. The SMILES string of the molecule is COC(=O)c1ccc(Oc2ccccc2-c2ccc(C=O)o2)cc1. The molecule has 0 aliphatic heterocycles. The summed E-state index contributed by atoms with van der Waals surface area (Å²) in [5.74, 6) is 1.53. The van der Waals surface area contributed by atoms with Crippen molar-refractivity contribution in [1.82, 2.24) is 0 Å². The normalized spacial score (nSPS) is 10.2. The summed E-state index contributed by atoms with van der Waals surface area (Å²) in [6.07, 6.45) is 0.651. The maximum Gasteiger partial charge on any atom is 0.337 e. The van der Waals surface area contributed by atoms with E-state index in [1.54, 1.807) is 42.5 Å². The van der Waals surface area contributed by atoms with Gasteiger partial charge >= 0.3 is 5.97 Å². The fraction of sp³-hybridized carbons (Fsp3) is 0.0526. The highest BCUT2D eigenvalue weighted by atomic mass is 16.5. The van der Waals surface area contributed by atoms with Gasteiger partial charge < -0.3 is 13.9 Å². The van der Waals surface area contributed by atoms with Gasteiger partial charge in [0.05, 0.1) is 18.2 Å². The molecular weight excluding hydrogens is 308 g/mol. The summed E-state index contributed by atoms with van der Waals surface area (Å²) in [6, 6.07) is 17.3. The van der Waals surface area contributed by atoms with Gasteiger partial charge in [-0.25, -0.2) is 4.79 Å². The van der Waals surface area contributed by atoms with Gasteiger partial charge in [-0.2, -0.15) is 0 Å². The van der Waals surface area contributed by atoms with Gasteiger partial charge in [0.2, 0.25) is 0 Å². The Kier molecular flexibility index (Phi) is 4.43. The molecule has 0 saturated carbocycles. The van der Waals surface area contributed by atoms with Crippen LogP contribution in [0.15, 0.2) is 65.1 Å². The van der Waals surface area contributed by atoms with E-state index in [0.717, 1.165) is 5.56 Å². The molecule has 0 spiro atoms. The summed E-state index contributed by atoms with van der Waals surface area (Å²) in [4.78, 5) is 22.2. The van der Waals surface area contributed by atoms with Crippen molar-refractivity contribution >= 4 is 12.3 Å². The fourth-order valence-corrected chi connectivity index (χ4v) is 2.22. The summed E-state index contributed by atoms with van der Waals surface area (Å²) >= 11 is 0. The summed E-state index contributed by atoms with van der Waals surface area (Å²) in [6.45, 7) is 0. The minimum atomic E-state index is -0.404. The van der Waals surface area contributed by atoms with E-state index in [0.29, 0.717) is 29.1 Å². The number of hydrogen-bond donors (Lipinski definition) is 0. The lowest BCUT2D eigenvalue weighted by Crippen LogP contribution is -2.00. The zero-order chi connectivity index (χ0) is 16.9. The Labute approximate surface area is 138 Å². The van der Waals surface area contributed by atoms with Gasteiger partial charge in [-0.15, -0.1) is 0 Å². The molecule has 0 bridgehead atoms. The van der Waals surface area contributed by atoms with Crippen molar-refractivity contribution < 1.29 is 23.5 Å². The van der Waals surface area contributed by atoms with E-state index in [1.807, 2.05) is 18.2 Å². The summed E-state index contributed by atoms with van der Waals surface area (Å²) in [5, 5.41) is 0. The number of esters is 1. The molecule has 0 fully saturated rings. The van der Waals surface area contributed by atoms with Crippen molar-refractivity contribution in [3.8, 4) is 22.8 Å². The summed E-state index contributed by atoms with van der Waals surface area (Å²) < 4.78 is 16.0. The molecule has 5 nitrogen and oxygen atoms in total. The molecule has 0 radical (unpaired) electrons. The first-order valence-corrected chi connectivity index (χ1v) is 7.22. The number of furan rings is 1. The van der Waals surface area contributed by atoms with Crippen LogP contribution >= 0.6 is 0 Å². The third kappa shape index (κ3) is 3.20. The predicted molar refractivity (Wildman–Crippen MR) is 87.4 cm³/mol. The molecular formula is C19H14O5. The first-order chi connectivity index (χ1) is 11.7. The van der Waals surface area contributed by atoms with Crippen LogP contribution in [0.2, 0.25) is 0 Å². The average molecular weight is 322 g/mol. The Morgan fingerprint density at radius 2 is 1.75 bits per heavy atom. The number of aldehydes is 1. The first-order valence-electron chi connectivity index (χ1n) is 7.22. The predicted octanol–water partition coefficient (Wildman–Crippen LogP) is 4.34. The molecule has 5 heteroatoms. The van der Waals surface area contributed by atoms with Gasteiger partial charge in [-0.05, 0) is 48.5 Å². The standard InChI is InChI=1S/C19H14O5/c1-22-19(21)13-6-8-14(9-7-13)23-17-5-3-2-4-16(17)18-11-10-15(12-20)24-18/h2-12H,1H3. The quantitative estimate of drug-likeness (QED) is 0.516. The summed E-state index contributed by atoms with van der Waals surface area (Å²) in [7, 11) is 1.33. The van der Waals surface area contributed by atoms with Gasteiger partial charge in [0, 0.05) is 0 Å². The van der Waals surface area contributed by atoms with E-state index in [2.05, 4.69) is 4.74 Å². The number of hydrogen-bond acceptors (Lipinski definition) is 5. The fourth-order valence-electron chi connectivity index (χ4n) is 2.22. The van der Waals surface area contributed by atoms with Crippen molar-refractivity contribution in [2.24, 2.45) is 0 Å². The second-order valence-electron chi connectivity index (χ2n) is 4.93. The maximum atomic E-state index is 11.4. The van der Waals surface area contributed by atoms with Crippen LogP contribution in [-0.2, 0) is 4.74 Å². The number of para-hydroxylation sites is 1. The lowest BCUT2D eigenvalue weighted by atomic mass is 10.1. The molecule has 1 heterocycles. The van der Waals surface area contributed by atoms with Gasteiger partial charge in [-0.3, -0.25) is 4.79 Å². The van der Waals surface area contributed by atoms with Crippen LogP contribution < -0.4 is 4.74 Å². The van der Waals surface area contributed by atoms with Crippen LogP contribution in [0.3, 0.4) is 0 Å². The van der Waals surface area contributed by atoms with Gasteiger partial charge in [0.25, 0.3) is 0 Å². The van der Waals surface area contributed by atoms with E-state index in [1.165, 1.54) is 7.11 Å². The number of rotatable bonds is 5. The molecule has 0 amide bonds. The lowest BCUT2D eigenvalue weighted by Gasteiger charge is -2.10. The Morgan fingerprint density at radius 3 is 2.42 bits per heavy atom. The molecule has 0 aliphatic carbocycles. The number of methoxy groups -OCH3 is 1. The second-order valence-corrected chi connectivity index (χ2v) is 4.93. The van der Waals surface area contributed by atoms with E-state index < -0.39 is 5.97 Å². The number of carbonyl (C=O) groups is 2. The molecule has 120 valence electrons. The monoisotopic (exact) mass is 322 g/mol. The van der Waals surface area contributed by atoms with Gasteiger partial charge in [0.15, 0.2) is 12.0 Å². The van der Waals surface area contributed by atoms with Crippen LogP contribution in [-0.4, -0.2) is 19.4 Å². The van der Waals surface area contributed by atoms with Gasteiger partial charge in [0.1, 0.15) is 17.3 Å². The van der Waals surface area contributed by atoms with Crippen LogP contribution in [0, 0.1) is 0 Å². The highest BCUT2D eigenvalue weighted by molar-refractivity contribution is 5.89. The molecule has 3 rings (SSSR count). The number of carbonyl (C=O) groups excluding carboxylic acids is 2. The van der Waals surface area contributed by atoms with E-state index in [-0.39, 0.29) is 5.76 Å². The Morgan fingerprint density at radius 1 is 1.00 bits per heavy atom. The molecule has 0 aliphatic rings. The molecule has 1 aromatic heterocycles.